The fourth-order valence-corrected chi connectivity index (χ4v) is 1.83. The van der Waals surface area contributed by atoms with Crippen LogP contribution in [0.4, 0.5) is 0 Å². The molecular weight excluding hydrogens is 184 g/mol. The summed E-state index contributed by atoms with van der Waals surface area (Å²) in [6, 6.07) is 0. The third-order valence-corrected chi connectivity index (χ3v) is 2.59. The lowest BCUT2D eigenvalue weighted by molar-refractivity contribution is -0.129. The maximum Gasteiger partial charge on any atom is 0.366 e. The number of carboxylic acids is 1. The second-order valence-corrected chi connectivity index (χ2v) is 3.79. The number of carboxylic acid groups (broad SMARTS) is 1. The molecule has 0 atom stereocenters. The van der Waals surface area contributed by atoms with Gasteiger partial charge in [0, 0.05) is 6.54 Å². The van der Waals surface area contributed by atoms with Crippen molar-refractivity contribution in [3.63, 3.8) is 0 Å². The summed E-state index contributed by atoms with van der Waals surface area (Å²) in [7, 11) is -3.84. The third-order valence-electron chi connectivity index (χ3n) is 1.20. The molecule has 0 aromatic heterocycles. The van der Waals surface area contributed by atoms with Crippen LogP contribution in [-0.2, 0) is 14.6 Å². The summed E-state index contributed by atoms with van der Waals surface area (Å²) < 4.78 is 21.9. The van der Waals surface area contributed by atoms with Crippen molar-refractivity contribution < 1.29 is 18.3 Å². The minimum atomic E-state index is -3.84. The van der Waals surface area contributed by atoms with E-state index in [2.05, 4.69) is 4.99 Å². The molecule has 0 bridgehead atoms. The topological polar surface area (TPSA) is 110 Å². The van der Waals surface area contributed by atoms with Gasteiger partial charge in [0.2, 0.25) is 14.9 Å². The van der Waals surface area contributed by atoms with Crippen LogP contribution in [0.1, 0.15) is 0 Å². The lowest BCUT2D eigenvalue weighted by Gasteiger charge is -1.89. The maximum atomic E-state index is 10.9. The second kappa shape index (κ2) is 2.68. The van der Waals surface area contributed by atoms with Crippen molar-refractivity contribution in [1.29, 1.82) is 0 Å². The summed E-state index contributed by atoms with van der Waals surface area (Å²) in [6.45, 7) is -0.0873. The molecule has 7 heteroatoms. The molecule has 66 valence electrons. The van der Waals surface area contributed by atoms with Crippen LogP contribution < -0.4 is 5.73 Å². The molecule has 3 N–H and O–H groups in total. The summed E-state index contributed by atoms with van der Waals surface area (Å²) in [5, 5.41) is 8.28. The SMILES string of the molecule is NCC1=CS(=O)(=O)C(C(=O)O)=N1. The van der Waals surface area contributed by atoms with Gasteiger partial charge in [0.25, 0.3) is 0 Å². The predicted molar refractivity (Wildman–Crippen MR) is 41.1 cm³/mol. The van der Waals surface area contributed by atoms with Crippen LogP contribution in [0.3, 0.4) is 0 Å². The van der Waals surface area contributed by atoms with Gasteiger partial charge in [0.1, 0.15) is 0 Å². The van der Waals surface area contributed by atoms with Gasteiger partial charge in [-0.15, -0.1) is 0 Å². The maximum absolute atomic E-state index is 10.9. The number of aliphatic imine (C=N–C) groups is 1. The zero-order chi connectivity index (χ0) is 9.35. The molecule has 0 saturated heterocycles. The van der Waals surface area contributed by atoms with Crippen molar-refractivity contribution in [2.45, 2.75) is 0 Å². The van der Waals surface area contributed by atoms with Crippen LogP contribution >= 0.6 is 0 Å². The van der Waals surface area contributed by atoms with E-state index < -0.39 is 20.9 Å². The molecule has 0 aliphatic carbocycles. The minimum Gasteiger partial charge on any atom is -0.476 e. The number of aliphatic carboxylic acids is 1. The van der Waals surface area contributed by atoms with Gasteiger partial charge in [-0.3, -0.25) is 0 Å². The first-order valence-corrected chi connectivity index (χ1v) is 4.49. The van der Waals surface area contributed by atoms with Crippen molar-refractivity contribution in [1.82, 2.24) is 0 Å². The molecule has 0 radical (unpaired) electrons. The van der Waals surface area contributed by atoms with Crippen LogP contribution in [-0.4, -0.2) is 31.1 Å². The zero-order valence-electron chi connectivity index (χ0n) is 5.89. The van der Waals surface area contributed by atoms with Crippen LogP contribution in [0, 0.1) is 0 Å². The summed E-state index contributed by atoms with van der Waals surface area (Å²) in [5.41, 5.74) is 5.15. The highest BCUT2D eigenvalue weighted by Gasteiger charge is 2.30. The minimum absolute atomic E-state index is 0.0624. The van der Waals surface area contributed by atoms with E-state index in [1.54, 1.807) is 0 Å². The Morgan fingerprint density at radius 1 is 1.67 bits per heavy atom. The van der Waals surface area contributed by atoms with Gasteiger partial charge in [0.05, 0.1) is 11.1 Å². The first-order chi connectivity index (χ1) is 5.47. The monoisotopic (exact) mass is 190 g/mol. The number of rotatable bonds is 2. The molecule has 0 spiro atoms. The highest BCUT2D eigenvalue weighted by Crippen LogP contribution is 2.13. The first-order valence-electron chi connectivity index (χ1n) is 2.95. The van der Waals surface area contributed by atoms with Crippen molar-refractivity contribution in [2.75, 3.05) is 6.54 Å². The molecule has 1 aliphatic rings. The van der Waals surface area contributed by atoms with E-state index in [4.69, 9.17) is 10.8 Å². The number of sulfone groups is 1. The largest absolute Gasteiger partial charge is 0.476 e. The summed E-state index contributed by atoms with van der Waals surface area (Å²) in [6.07, 6.45) is 0. The molecule has 0 saturated carbocycles. The average molecular weight is 190 g/mol. The van der Waals surface area contributed by atoms with Crippen LogP contribution in [0.15, 0.2) is 16.1 Å². The van der Waals surface area contributed by atoms with Crippen molar-refractivity contribution >= 4 is 20.9 Å². The van der Waals surface area contributed by atoms with Crippen molar-refractivity contribution in [3.05, 3.63) is 11.1 Å². The van der Waals surface area contributed by atoms with E-state index in [9.17, 15) is 13.2 Å². The number of hydrogen-bond donors (Lipinski definition) is 2. The van der Waals surface area contributed by atoms with Gasteiger partial charge >= 0.3 is 5.97 Å². The molecule has 0 unspecified atom stereocenters. The van der Waals surface area contributed by atoms with Gasteiger partial charge in [-0.05, 0) is 0 Å². The predicted octanol–water partition coefficient (Wildman–Crippen LogP) is -1.30. The molecule has 1 aliphatic heterocycles. The number of hydrogen-bond acceptors (Lipinski definition) is 5. The summed E-state index contributed by atoms with van der Waals surface area (Å²) >= 11 is 0. The Balaban J connectivity index is 3.19. The second-order valence-electron chi connectivity index (χ2n) is 2.08. The standard InChI is InChI=1S/C5H6N2O4S/c6-1-3-2-12(10,11)4(7-3)5(8)9/h2H,1,6H2,(H,8,9). The van der Waals surface area contributed by atoms with E-state index in [1.807, 2.05) is 0 Å². The highest BCUT2D eigenvalue weighted by atomic mass is 32.2. The van der Waals surface area contributed by atoms with E-state index in [0.29, 0.717) is 0 Å². The van der Waals surface area contributed by atoms with Crippen LogP contribution in [0.2, 0.25) is 0 Å². The Morgan fingerprint density at radius 2 is 2.25 bits per heavy atom. The van der Waals surface area contributed by atoms with Gasteiger partial charge in [-0.1, -0.05) is 0 Å². The Hall–Kier alpha value is -1.21. The Kier molecular flexibility index (Phi) is 1.99. The first kappa shape index (κ1) is 8.88. The van der Waals surface area contributed by atoms with Crippen molar-refractivity contribution in [2.24, 2.45) is 10.7 Å². The molecule has 0 aromatic carbocycles. The van der Waals surface area contributed by atoms with Gasteiger partial charge in [-0.25, -0.2) is 18.2 Å². The molecule has 1 heterocycles. The van der Waals surface area contributed by atoms with E-state index in [0.717, 1.165) is 5.41 Å². The Morgan fingerprint density at radius 3 is 2.50 bits per heavy atom. The summed E-state index contributed by atoms with van der Waals surface area (Å²) in [5.74, 6) is -1.56. The zero-order valence-corrected chi connectivity index (χ0v) is 6.71. The molecule has 12 heavy (non-hydrogen) atoms. The fourth-order valence-electron chi connectivity index (χ4n) is 0.719. The third kappa shape index (κ3) is 1.36. The molecule has 0 fully saturated rings. The smallest absolute Gasteiger partial charge is 0.366 e. The molecule has 0 aromatic rings. The van der Waals surface area contributed by atoms with E-state index in [1.165, 1.54) is 0 Å². The molecule has 1 rings (SSSR count). The van der Waals surface area contributed by atoms with Crippen molar-refractivity contribution in [3.8, 4) is 0 Å². The lowest BCUT2D eigenvalue weighted by atomic mass is 10.5. The number of carbonyl (C=O) groups is 1. The quantitative estimate of drug-likeness (QED) is 0.562. The molecule has 0 amide bonds. The Bertz CT molecular complexity index is 378. The molecule has 6 nitrogen and oxygen atoms in total. The normalized spacial score (nSPS) is 20.1. The van der Waals surface area contributed by atoms with E-state index in [-0.39, 0.29) is 12.2 Å². The Labute approximate surface area is 68.3 Å². The number of nitrogens with zero attached hydrogens (tertiary/aromatic N) is 1. The lowest BCUT2D eigenvalue weighted by Crippen LogP contribution is -2.19. The van der Waals surface area contributed by atoms with E-state index >= 15 is 0 Å². The van der Waals surface area contributed by atoms with Crippen LogP contribution in [0.5, 0.6) is 0 Å². The fraction of sp³-hybridized carbons (Fsp3) is 0.200. The number of nitrogens with two attached hydrogens (primary N) is 1. The van der Waals surface area contributed by atoms with Gasteiger partial charge in [0.15, 0.2) is 0 Å². The van der Waals surface area contributed by atoms with Gasteiger partial charge in [-0.2, -0.15) is 0 Å². The molecular formula is C5H6N2O4S. The highest BCUT2D eigenvalue weighted by molar-refractivity contribution is 8.11. The van der Waals surface area contributed by atoms with Crippen LogP contribution in [0.25, 0.3) is 0 Å². The van der Waals surface area contributed by atoms with Gasteiger partial charge < -0.3 is 10.8 Å². The summed E-state index contributed by atoms with van der Waals surface area (Å²) in [4.78, 5) is 13.6. The average Bonchev–Trinajstić information content (AvgIpc) is 2.25.